The average Bonchev–Trinajstić information content (AvgIpc) is 2.44. The molecule has 0 saturated heterocycles. The van der Waals surface area contributed by atoms with Crippen LogP contribution in [0, 0.1) is 6.92 Å². The van der Waals surface area contributed by atoms with Gasteiger partial charge in [0.15, 0.2) is 0 Å². The third kappa shape index (κ3) is 4.02. The standard InChI is InChI=1S/C16H18ClN3O/c1-11(2)20(10-14-6-4-5-7-18-14)16(21)13-8-12(3)19-15(17)9-13/h4-9,11H,10H2,1-3H3. The SMILES string of the molecule is Cc1cc(C(=O)N(Cc2ccccn2)C(C)C)cc(Cl)n1. The number of rotatable bonds is 4. The van der Waals surface area contributed by atoms with Crippen molar-refractivity contribution in [3.05, 3.63) is 58.6 Å². The minimum atomic E-state index is -0.0666. The van der Waals surface area contributed by atoms with Gasteiger partial charge in [-0.25, -0.2) is 4.98 Å². The Morgan fingerprint density at radius 3 is 2.67 bits per heavy atom. The Labute approximate surface area is 129 Å². The summed E-state index contributed by atoms with van der Waals surface area (Å²) >= 11 is 5.94. The third-order valence-corrected chi connectivity index (χ3v) is 3.31. The predicted molar refractivity (Wildman–Crippen MR) is 83.2 cm³/mol. The summed E-state index contributed by atoms with van der Waals surface area (Å²) in [6, 6.07) is 9.10. The quantitative estimate of drug-likeness (QED) is 0.812. The minimum absolute atomic E-state index is 0.0618. The van der Waals surface area contributed by atoms with Crippen molar-refractivity contribution in [2.24, 2.45) is 0 Å². The van der Waals surface area contributed by atoms with Gasteiger partial charge in [-0.1, -0.05) is 17.7 Å². The summed E-state index contributed by atoms with van der Waals surface area (Å²) in [5.41, 5.74) is 2.14. The lowest BCUT2D eigenvalue weighted by Gasteiger charge is -2.26. The molecule has 0 aliphatic rings. The van der Waals surface area contributed by atoms with E-state index in [1.807, 2.05) is 39.0 Å². The van der Waals surface area contributed by atoms with Crippen molar-refractivity contribution in [1.29, 1.82) is 0 Å². The zero-order valence-corrected chi connectivity index (χ0v) is 13.1. The molecule has 0 radical (unpaired) electrons. The number of carbonyl (C=O) groups excluding carboxylic acids is 1. The maximum Gasteiger partial charge on any atom is 0.254 e. The normalized spacial score (nSPS) is 10.7. The molecule has 2 rings (SSSR count). The fraction of sp³-hybridized carbons (Fsp3) is 0.312. The molecule has 2 heterocycles. The largest absolute Gasteiger partial charge is 0.330 e. The summed E-state index contributed by atoms with van der Waals surface area (Å²) in [6.45, 7) is 6.25. The van der Waals surface area contributed by atoms with Crippen LogP contribution >= 0.6 is 11.6 Å². The van der Waals surface area contributed by atoms with Crippen molar-refractivity contribution < 1.29 is 4.79 Å². The molecule has 0 unspecified atom stereocenters. The van der Waals surface area contributed by atoms with Crippen molar-refractivity contribution in [3.8, 4) is 0 Å². The molecular weight excluding hydrogens is 286 g/mol. The Bertz CT molecular complexity index is 608. The molecule has 5 heteroatoms. The molecule has 0 bridgehead atoms. The molecule has 21 heavy (non-hydrogen) atoms. The van der Waals surface area contributed by atoms with Gasteiger partial charge in [0.25, 0.3) is 5.91 Å². The van der Waals surface area contributed by atoms with E-state index < -0.39 is 0 Å². The van der Waals surface area contributed by atoms with Gasteiger partial charge in [0.1, 0.15) is 5.15 Å². The second kappa shape index (κ2) is 6.68. The van der Waals surface area contributed by atoms with Crippen molar-refractivity contribution >= 4 is 17.5 Å². The van der Waals surface area contributed by atoms with Gasteiger partial charge in [-0.2, -0.15) is 0 Å². The van der Waals surface area contributed by atoms with Gasteiger partial charge in [-0.15, -0.1) is 0 Å². The Hall–Kier alpha value is -1.94. The summed E-state index contributed by atoms with van der Waals surface area (Å²) in [4.78, 5) is 22.8. The van der Waals surface area contributed by atoms with Crippen molar-refractivity contribution in [2.75, 3.05) is 0 Å². The van der Waals surface area contributed by atoms with E-state index in [1.165, 1.54) is 0 Å². The summed E-state index contributed by atoms with van der Waals surface area (Å²) < 4.78 is 0. The van der Waals surface area contributed by atoms with Crippen LogP contribution in [0.1, 0.15) is 35.6 Å². The maximum atomic E-state index is 12.7. The average molecular weight is 304 g/mol. The van der Waals surface area contributed by atoms with Crippen LogP contribution in [-0.4, -0.2) is 26.8 Å². The van der Waals surface area contributed by atoms with Gasteiger partial charge in [0.05, 0.1) is 12.2 Å². The number of aryl methyl sites for hydroxylation is 1. The van der Waals surface area contributed by atoms with E-state index in [1.54, 1.807) is 23.2 Å². The molecule has 4 nitrogen and oxygen atoms in total. The van der Waals surface area contributed by atoms with E-state index in [4.69, 9.17) is 11.6 Å². The first-order valence-electron chi connectivity index (χ1n) is 6.82. The molecular formula is C16H18ClN3O. The molecule has 0 aliphatic heterocycles. The molecule has 0 atom stereocenters. The maximum absolute atomic E-state index is 12.7. The number of halogens is 1. The zero-order valence-electron chi connectivity index (χ0n) is 12.4. The van der Waals surface area contributed by atoms with Crippen LogP contribution in [0.2, 0.25) is 5.15 Å². The smallest absolute Gasteiger partial charge is 0.254 e. The molecule has 2 aromatic rings. The second-order valence-electron chi connectivity index (χ2n) is 5.17. The molecule has 0 fully saturated rings. The van der Waals surface area contributed by atoms with Crippen LogP contribution < -0.4 is 0 Å². The highest BCUT2D eigenvalue weighted by Crippen LogP contribution is 2.16. The van der Waals surface area contributed by atoms with Crippen LogP contribution in [0.3, 0.4) is 0 Å². The number of aromatic nitrogens is 2. The summed E-state index contributed by atoms with van der Waals surface area (Å²) in [5.74, 6) is -0.0666. The highest BCUT2D eigenvalue weighted by atomic mass is 35.5. The molecule has 0 aromatic carbocycles. The van der Waals surface area contributed by atoms with Crippen molar-refractivity contribution in [1.82, 2.24) is 14.9 Å². The Kier molecular flexibility index (Phi) is 4.91. The van der Waals surface area contributed by atoms with Crippen LogP contribution in [-0.2, 0) is 6.54 Å². The predicted octanol–water partition coefficient (Wildman–Crippen LogP) is 3.49. The third-order valence-electron chi connectivity index (χ3n) is 3.11. The lowest BCUT2D eigenvalue weighted by molar-refractivity contribution is 0.0687. The van der Waals surface area contributed by atoms with Gasteiger partial charge >= 0.3 is 0 Å². The Balaban J connectivity index is 2.27. The molecule has 0 saturated carbocycles. The molecule has 110 valence electrons. The summed E-state index contributed by atoms with van der Waals surface area (Å²) in [6.07, 6.45) is 1.73. The van der Waals surface area contributed by atoms with E-state index in [2.05, 4.69) is 9.97 Å². The highest BCUT2D eigenvalue weighted by molar-refractivity contribution is 6.29. The van der Waals surface area contributed by atoms with E-state index in [0.29, 0.717) is 17.3 Å². The van der Waals surface area contributed by atoms with Crippen molar-refractivity contribution in [2.45, 2.75) is 33.4 Å². The molecule has 2 aromatic heterocycles. The lowest BCUT2D eigenvalue weighted by Crippen LogP contribution is -2.36. The Morgan fingerprint density at radius 1 is 1.33 bits per heavy atom. The molecule has 1 amide bonds. The molecule has 0 aliphatic carbocycles. The topological polar surface area (TPSA) is 46.1 Å². The van der Waals surface area contributed by atoms with Gasteiger partial charge < -0.3 is 4.90 Å². The molecule has 0 N–H and O–H groups in total. The van der Waals surface area contributed by atoms with Crippen LogP contribution in [0.5, 0.6) is 0 Å². The van der Waals surface area contributed by atoms with Crippen LogP contribution in [0.15, 0.2) is 36.5 Å². The minimum Gasteiger partial charge on any atom is -0.330 e. The zero-order chi connectivity index (χ0) is 15.4. The number of nitrogens with zero attached hydrogens (tertiary/aromatic N) is 3. The lowest BCUT2D eigenvalue weighted by atomic mass is 10.1. The van der Waals surface area contributed by atoms with E-state index in [0.717, 1.165) is 11.4 Å². The monoisotopic (exact) mass is 303 g/mol. The first-order valence-corrected chi connectivity index (χ1v) is 7.20. The van der Waals surface area contributed by atoms with Crippen LogP contribution in [0.25, 0.3) is 0 Å². The Morgan fingerprint density at radius 2 is 2.10 bits per heavy atom. The van der Waals surface area contributed by atoms with E-state index in [9.17, 15) is 4.79 Å². The number of carbonyl (C=O) groups is 1. The van der Waals surface area contributed by atoms with Gasteiger partial charge in [0.2, 0.25) is 0 Å². The fourth-order valence-electron chi connectivity index (χ4n) is 2.07. The van der Waals surface area contributed by atoms with Gasteiger partial charge in [-0.05, 0) is 45.0 Å². The number of hydrogen-bond donors (Lipinski definition) is 0. The summed E-state index contributed by atoms with van der Waals surface area (Å²) in [7, 11) is 0. The van der Waals surface area contributed by atoms with Gasteiger partial charge in [-0.3, -0.25) is 9.78 Å². The first-order chi connectivity index (χ1) is 9.97. The van der Waals surface area contributed by atoms with Gasteiger partial charge in [0, 0.05) is 23.5 Å². The van der Waals surface area contributed by atoms with E-state index in [-0.39, 0.29) is 11.9 Å². The fourth-order valence-corrected chi connectivity index (χ4v) is 2.32. The van der Waals surface area contributed by atoms with Crippen molar-refractivity contribution in [3.63, 3.8) is 0 Å². The number of amides is 1. The highest BCUT2D eigenvalue weighted by Gasteiger charge is 2.20. The van der Waals surface area contributed by atoms with E-state index >= 15 is 0 Å². The van der Waals surface area contributed by atoms with Crippen LogP contribution in [0.4, 0.5) is 0 Å². The second-order valence-corrected chi connectivity index (χ2v) is 5.56. The first kappa shape index (κ1) is 15.4. The molecule has 0 spiro atoms. The number of hydrogen-bond acceptors (Lipinski definition) is 3. The number of pyridine rings is 2. The summed E-state index contributed by atoms with van der Waals surface area (Å²) in [5, 5.41) is 0.333.